The van der Waals surface area contributed by atoms with Crippen LogP contribution in [0.2, 0.25) is 0 Å². The van der Waals surface area contributed by atoms with Crippen LogP contribution < -0.4 is 14.8 Å². The Bertz CT molecular complexity index is 1040. The maximum absolute atomic E-state index is 5.97. The highest BCUT2D eigenvalue weighted by Crippen LogP contribution is 2.29. The summed E-state index contributed by atoms with van der Waals surface area (Å²) in [5.74, 6) is 1.60. The Labute approximate surface area is 175 Å². The van der Waals surface area contributed by atoms with Gasteiger partial charge in [-0.15, -0.1) is 11.3 Å². The number of aromatic amines is 1. The van der Waals surface area contributed by atoms with Crippen molar-refractivity contribution in [3.63, 3.8) is 0 Å². The first-order valence-electron chi connectivity index (χ1n) is 10.00. The molecule has 0 amide bonds. The standard InChI is InChI=1S/C24H26N2O2S/c1-2-27-24-14-18(9-10-23(24)28-17-20-6-5-13-29-20)15-25-12-11-19-16-26-22-8-4-3-7-21(19)22/h3-10,13-14,16,25-26H,2,11-12,15,17H2,1H3. The van der Waals surface area contributed by atoms with Crippen molar-refractivity contribution in [1.29, 1.82) is 0 Å². The number of hydrogen-bond donors (Lipinski definition) is 2. The first-order chi connectivity index (χ1) is 14.3. The van der Waals surface area contributed by atoms with Gasteiger partial charge >= 0.3 is 0 Å². The van der Waals surface area contributed by atoms with Crippen molar-refractivity contribution in [3.05, 3.63) is 82.2 Å². The molecule has 0 saturated heterocycles. The van der Waals surface area contributed by atoms with Crippen molar-refractivity contribution >= 4 is 22.2 Å². The molecule has 0 aliphatic heterocycles. The average molecular weight is 407 g/mol. The van der Waals surface area contributed by atoms with E-state index in [0.29, 0.717) is 13.2 Å². The number of rotatable bonds is 10. The maximum atomic E-state index is 5.97. The number of para-hydroxylation sites is 1. The summed E-state index contributed by atoms with van der Waals surface area (Å²) >= 11 is 1.70. The summed E-state index contributed by atoms with van der Waals surface area (Å²) in [6, 6.07) is 18.7. The number of ether oxygens (including phenoxy) is 2. The van der Waals surface area contributed by atoms with Crippen LogP contribution in [0.3, 0.4) is 0 Å². The minimum Gasteiger partial charge on any atom is -0.490 e. The zero-order chi connectivity index (χ0) is 19.9. The summed E-state index contributed by atoms with van der Waals surface area (Å²) in [4.78, 5) is 4.54. The van der Waals surface area contributed by atoms with Crippen LogP contribution in [-0.4, -0.2) is 18.1 Å². The summed E-state index contributed by atoms with van der Waals surface area (Å²) in [5, 5.41) is 6.91. The van der Waals surface area contributed by atoms with Gasteiger partial charge in [-0.05, 0) is 60.7 Å². The minimum absolute atomic E-state index is 0.569. The molecular weight excluding hydrogens is 380 g/mol. The van der Waals surface area contributed by atoms with Gasteiger partial charge in [-0.1, -0.05) is 30.3 Å². The molecule has 0 bridgehead atoms. The lowest BCUT2D eigenvalue weighted by Gasteiger charge is -2.13. The number of nitrogens with one attached hydrogen (secondary N) is 2. The van der Waals surface area contributed by atoms with Gasteiger partial charge < -0.3 is 19.8 Å². The maximum Gasteiger partial charge on any atom is 0.161 e. The van der Waals surface area contributed by atoms with E-state index in [-0.39, 0.29) is 0 Å². The lowest BCUT2D eigenvalue weighted by atomic mass is 10.1. The Morgan fingerprint density at radius 2 is 1.93 bits per heavy atom. The fourth-order valence-electron chi connectivity index (χ4n) is 3.39. The molecule has 4 nitrogen and oxygen atoms in total. The lowest BCUT2D eigenvalue weighted by molar-refractivity contribution is 0.271. The van der Waals surface area contributed by atoms with E-state index in [0.717, 1.165) is 31.0 Å². The Balaban J connectivity index is 1.32. The fourth-order valence-corrected chi connectivity index (χ4v) is 4.00. The molecule has 2 aromatic heterocycles. The molecule has 4 aromatic rings. The van der Waals surface area contributed by atoms with Gasteiger partial charge in [0.25, 0.3) is 0 Å². The van der Waals surface area contributed by atoms with Crippen molar-refractivity contribution in [2.45, 2.75) is 26.5 Å². The van der Waals surface area contributed by atoms with Gasteiger partial charge in [0.15, 0.2) is 11.5 Å². The molecular formula is C24H26N2O2S. The number of thiophene rings is 1. The highest BCUT2D eigenvalue weighted by molar-refractivity contribution is 7.09. The van der Waals surface area contributed by atoms with Crippen molar-refractivity contribution in [3.8, 4) is 11.5 Å². The van der Waals surface area contributed by atoms with Crippen LogP contribution in [0.4, 0.5) is 0 Å². The zero-order valence-electron chi connectivity index (χ0n) is 16.6. The van der Waals surface area contributed by atoms with Gasteiger partial charge in [0.05, 0.1) is 6.61 Å². The molecule has 4 rings (SSSR count). The number of benzene rings is 2. The van der Waals surface area contributed by atoms with E-state index < -0.39 is 0 Å². The Morgan fingerprint density at radius 3 is 2.79 bits per heavy atom. The molecule has 0 fully saturated rings. The van der Waals surface area contributed by atoms with Gasteiger partial charge in [-0.2, -0.15) is 0 Å². The highest BCUT2D eigenvalue weighted by Gasteiger charge is 2.08. The molecule has 2 heterocycles. The van der Waals surface area contributed by atoms with Crippen LogP contribution in [0, 0.1) is 0 Å². The number of hydrogen-bond acceptors (Lipinski definition) is 4. The van der Waals surface area contributed by atoms with Gasteiger partial charge in [0.2, 0.25) is 0 Å². The first-order valence-corrected chi connectivity index (χ1v) is 10.9. The number of aromatic nitrogens is 1. The number of H-pyrrole nitrogens is 1. The highest BCUT2D eigenvalue weighted by atomic mass is 32.1. The second-order valence-electron chi connectivity index (χ2n) is 6.87. The largest absolute Gasteiger partial charge is 0.490 e. The van der Waals surface area contributed by atoms with E-state index in [9.17, 15) is 0 Å². The predicted octanol–water partition coefficient (Wildman–Crippen LogP) is 5.54. The molecule has 29 heavy (non-hydrogen) atoms. The van der Waals surface area contributed by atoms with Crippen LogP contribution in [0.25, 0.3) is 10.9 Å². The van der Waals surface area contributed by atoms with E-state index in [2.05, 4.69) is 64.3 Å². The smallest absolute Gasteiger partial charge is 0.161 e. The fraction of sp³-hybridized carbons (Fsp3) is 0.250. The van der Waals surface area contributed by atoms with Crippen LogP contribution >= 0.6 is 11.3 Å². The van der Waals surface area contributed by atoms with Crippen LogP contribution in [-0.2, 0) is 19.6 Å². The second kappa shape index (κ2) is 9.63. The molecule has 0 spiro atoms. The second-order valence-corrected chi connectivity index (χ2v) is 7.90. The van der Waals surface area contributed by atoms with Gasteiger partial charge in [0.1, 0.15) is 6.61 Å². The average Bonchev–Trinajstić information content (AvgIpc) is 3.41. The third-order valence-electron chi connectivity index (χ3n) is 4.83. The summed E-state index contributed by atoms with van der Waals surface area (Å²) in [6.07, 6.45) is 3.10. The van der Waals surface area contributed by atoms with E-state index in [1.807, 2.05) is 19.1 Å². The van der Waals surface area contributed by atoms with Gasteiger partial charge in [-0.25, -0.2) is 0 Å². The summed E-state index contributed by atoms with van der Waals surface area (Å²) in [7, 11) is 0. The SMILES string of the molecule is CCOc1cc(CNCCc2c[nH]c3ccccc23)ccc1OCc1cccs1. The Morgan fingerprint density at radius 1 is 1.00 bits per heavy atom. The van der Waals surface area contributed by atoms with Crippen LogP contribution in [0.1, 0.15) is 22.9 Å². The topological polar surface area (TPSA) is 46.3 Å². The quantitative estimate of drug-likeness (QED) is 0.340. The minimum atomic E-state index is 0.569. The van der Waals surface area contributed by atoms with Crippen molar-refractivity contribution in [2.75, 3.05) is 13.2 Å². The lowest BCUT2D eigenvalue weighted by Crippen LogP contribution is -2.16. The molecule has 0 atom stereocenters. The third-order valence-corrected chi connectivity index (χ3v) is 5.68. The van der Waals surface area contributed by atoms with Crippen molar-refractivity contribution in [2.24, 2.45) is 0 Å². The molecule has 0 aliphatic carbocycles. The van der Waals surface area contributed by atoms with Crippen LogP contribution in [0.15, 0.2) is 66.2 Å². The van der Waals surface area contributed by atoms with Crippen molar-refractivity contribution in [1.82, 2.24) is 10.3 Å². The predicted molar refractivity (Wildman–Crippen MR) is 120 cm³/mol. The Hall–Kier alpha value is -2.76. The van der Waals surface area contributed by atoms with Gasteiger partial charge in [-0.3, -0.25) is 0 Å². The van der Waals surface area contributed by atoms with Crippen LogP contribution in [0.5, 0.6) is 11.5 Å². The molecule has 0 radical (unpaired) electrons. The number of fused-ring (bicyclic) bond motifs is 1. The molecule has 5 heteroatoms. The summed E-state index contributed by atoms with van der Waals surface area (Å²) in [5.41, 5.74) is 3.73. The molecule has 0 saturated carbocycles. The summed E-state index contributed by atoms with van der Waals surface area (Å²) < 4.78 is 11.8. The van der Waals surface area contributed by atoms with E-state index >= 15 is 0 Å². The van der Waals surface area contributed by atoms with Crippen molar-refractivity contribution < 1.29 is 9.47 Å². The third kappa shape index (κ3) is 5.00. The molecule has 150 valence electrons. The summed E-state index contributed by atoms with van der Waals surface area (Å²) in [6.45, 7) is 4.90. The zero-order valence-corrected chi connectivity index (χ0v) is 17.4. The first kappa shape index (κ1) is 19.6. The molecule has 2 aromatic carbocycles. The molecule has 0 unspecified atom stereocenters. The van der Waals surface area contributed by atoms with E-state index in [1.54, 1.807) is 11.3 Å². The van der Waals surface area contributed by atoms with Gasteiger partial charge in [0, 0.05) is 28.5 Å². The molecule has 0 aliphatic rings. The van der Waals surface area contributed by atoms with E-state index in [1.165, 1.54) is 26.9 Å². The molecule has 2 N–H and O–H groups in total. The Kier molecular flexibility index (Phi) is 6.49. The van der Waals surface area contributed by atoms with E-state index in [4.69, 9.17) is 9.47 Å². The monoisotopic (exact) mass is 406 g/mol. The normalized spacial score (nSPS) is 11.1.